The molecule has 2 aromatic carbocycles. The predicted molar refractivity (Wildman–Crippen MR) is 116 cm³/mol. The van der Waals surface area contributed by atoms with Crippen molar-refractivity contribution in [3.8, 4) is 0 Å². The number of amides is 2. The van der Waals surface area contributed by atoms with Crippen molar-refractivity contribution in [3.63, 3.8) is 0 Å². The first-order valence-corrected chi connectivity index (χ1v) is 10.3. The maximum absolute atomic E-state index is 13.6. The van der Waals surface area contributed by atoms with Gasteiger partial charge in [0.1, 0.15) is 0 Å². The van der Waals surface area contributed by atoms with Gasteiger partial charge in [-0.2, -0.15) is 0 Å². The molecule has 1 aliphatic rings. The lowest BCUT2D eigenvalue weighted by Gasteiger charge is -2.27. The number of hydrogen-bond acceptors (Lipinski definition) is 3. The van der Waals surface area contributed by atoms with Crippen molar-refractivity contribution in [2.75, 3.05) is 26.2 Å². The fraction of sp³-hybridized carbons (Fsp3) is 0.240. The van der Waals surface area contributed by atoms with Crippen LogP contribution < -0.4 is 0 Å². The maximum Gasteiger partial charge on any atom is 0.254 e. The molecule has 30 heavy (non-hydrogen) atoms. The van der Waals surface area contributed by atoms with Gasteiger partial charge in [-0.3, -0.25) is 14.6 Å². The summed E-state index contributed by atoms with van der Waals surface area (Å²) in [6, 6.07) is 23.3. The zero-order chi connectivity index (χ0) is 20.8. The van der Waals surface area contributed by atoms with Gasteiger partial charge in [0.25, 0.3) is 5.91 Å². The summed E-state index contributed by atoms with van der Waals surface area (Å²) in [5, 5.41) is 0. The Hall–Kier alpha value is -3.47. The van der Waals surface area contributed by atoms with E-state index >= 15 is 0 Å². The van der Waals surface area contributed by atoms with Crippen LogP contribution in [0.5, 0.6) is 0 Å². The highest BCUT2D eigenvalue weighted by Gasteiger charge is 2.29. The minimum absolute atomic E-state index is 0.00522. The Bertz CT molecular complexity index is 938. The van der Waals surface area contributed by atoms with Crippen LogP contribution in [0.3, 0.4) is 0 Å². The zero-order valence-corrected chi connectivity index (χ0v) is 16.9. The lowest BCUT2D eigenvalue weighted by atomic mass is 9.90. The van der Waals surface area contributed by atoms with Gasteiger partial charge in [0, 0.05) is 44.1 Å². The molecule has 0 atom stereocenters. The summed E-state index contributed by atoms with van der Waals surface area (Å²) in [7, 11) is 0. The average Bonchev–Trinajstić information content (AvgIpc) is 3.07. The molecule has 3 aromatic rings. The third-order valence-corrected chi connectivity index (χ3v) is 5.53. The van der Waals surface area contributed by atoms with E-state index in [9.17, 15) is 9.59 Å². The summed E-state index contributed by atoms with van der Waals surface area (Å²) >= 11 is 0. The molecular formula is C25H25N3O2. The zero-order valence-electron chi connectivity index (χ0n) is 16.9. The van der Waals surface area contributed by atoms with Crippen molar-refractivity contribution in [2.45, 2.75) is 12.3 Å². The summed E-state index contributed by atoms with van der Waals surface area (Å²) in [6.07, 6.45) is 4.02. The van der Waals surface area contributed by atoms with Crippen LogP contribution in [0.15, 0.2) is 85.2 Å². The molecule has 1 fully saturated rings. The van der Waals surface area contributed by atoms with Crippen molar-refractivity contribution in [3.05, 3.63) is 102 Å². The van der Waals surface area contributed by atoms with Crippen molar-refractivity contribution in [1.82, 2.24) is 14.8 Å². The lowest BCUT2D eigenvalue weighted by molar-refractivity contribution is -0.131. The largest absolute Gasteiger partial charge is 0.340 e. The number of benzene rings is 2. The number of aromatic nitrogens is 1. The molecule has 2 heterocycles. The lowest BCUT2D eigenvalue weighted by Crippen LogP contribution is -2.39. The highest BCUT2D eigenvalue weighted by molar-refractivity contribution is 5.94. The van der Waals surface area contributed by atoms with E-state index in [0.717, 1.165) is 17.5 Å². The Labute approximate surface area is 177 Å². The molecule has 0 bridgehead atoms. The standard InChI is InChI=1S/C25H25N3O2/c29-24(22-12-14-26-15-13-22)27-16-7-17-28(19-18-27)25(30)23(20-8-3-1-4-9-20)21-10-5-2-6-11-21/h1-6,8-15,23H,7,16-19H2. The number of carbonyl (C=O) groups excluding carboxylic acids is 2. The molecule has 4 rings (SSSR count). The smallest absolute Gasteiger partial charge is 0.254 e. The van der Waals surface area contributed by atoms with Gasteiger partial charge in [-0.15, -0.1) is 0 Å². The second-order valence-electron chi connectivity index (χ2n) is 7.46. The molecular weight excluding hydrogens is 374 g/mol. The number of rotatable bonds is 4. The molecule has 0 radical (unpaired) electrons. The topological polar surface area (TPSA) is 53.5 Å². The molecule has 1 aromatic heterocycles. The van der Waals surface area contributed by atoms with Crippen LogP contribution in [-0.2, 0) is 4.79 Å². The third kappa shape index (κ3) is 4.40. The molecule has 1 saturated heterocycles. The third-order valence-electron chi connectivity index (χ3n) is 5.53. The monoisotopic (exact) mass is 399 g/mol. The van der Waals surface area contributed by atoms with Crippen LogP contribution in [0.4, 0.5) is 0 Å². The summed E-state index contributed by atoms with van der Waals surface area (Å²) < 4.78 is 0. The minimum Gasteiger partial charge on any atom is -0.340 e. The second-order valence-corrected chi connectivity index (χ2v) is 7.46. The molecule has 0 unspecified atom stereocenters. The molecule has 0 saturated carbocycles. The minimum atomic E-state index is -0.338. The first-order valence-electron chi connectivity index (χ1n) is 10.3. The van der Waals surface area contributed by atoms with Crippen LogP contribution in [0.1, 0.15) is 33.8 Å². The van der Waals surface area contributed by atoms with Gasteiger partial charge in [0.15, 0.2) is 0 Å². The number of nitrogens with zero attached hydrogens (tertiary/aromatic N) is 3. The molecule has 2 amide bonds. The van der Waals surface area contributed by atoms with E-state index in [1.807, 2.05) is 70.5 Å². The first kappa shape index (κ1) is 19.8. The van der Waals surface area contributed by atoms with E-state index < -0.39 is 0 Å². The molecule has 0 aliphatic carbocycles. The number of hydrogen-bond donors (Lipinski definition) is 0. The molecule has 0 N–H and O–H groups in total. The summed E-state index contributed by atoms with van der Waals surface area (Å²) in [5.74, 6) is -0.255. The van der Waals surface area contributed by atoms with E-state index in [1.54, 1.807) is 24.5 Å². The number of carbonyl (C=O) groups is 2. The fourth-order valence-corrected chi connectivity index (χ4v) is 3.97. The van der Waals surface area contributed by atoms with Crippen LogP contribution in [-0.4, -0.2) is 52.8 Å². The number of pyridine rings is 1. The molecule has 152 valence electrons. The van der Waals surface area contributed by atoms with Gasteiger partial charge in [0.05, 0.1) is 5.92 Å². The van der Waals surface area contributed by atoms with Crippen molar-refractivity contribution >= 4 is 11.8 Å². The summed E-state index contributed by atoms with van der Waals surface area (Å²) in [4.78, 5) is 34.1. The fourth-order valence-electron chi connectivity index (χ4n) is 3.97. The maximum atomic E-state index is 13.6. The molecule has 5 nitrogen and oxygen atoms in total. The SMILES string of the molecule is O=C(c1ccncc1)N1CCCN(C(=O)C(c2ccccc2)c2ccccc2)CC1. The summed E-state index contributed by atoms with van der Waals surface area (Å²) in [5.41, 5.74) is 2.61. The van der Waals surface area contributed by atoms with Crippen LogP contribution >= 0.6 is 0 Å². The Morgan fingerprint density at radius 3 is 1.83 bits per heavy atom. The van der Waals surface area contributed by atoms with Crippen molar-refractivity contribution in [1.29, 1.82) is 0 Å². The van der Waals surface area contributed by atoms with E-state index in [0.29, 0.717) is 31.7 Å². The van der Waals surface area contributed by atoms with Crippen LogP contribution in [0, 0.1) is 0 Å². The van der Waals surface area contributed by atoms with Crippen molar-refractivity contribution in [2.24, 2.45) is 0 Å². The van der Waals surface area contributed by atoms with Gasteiger partial charge in [0.2, 0.25) is 5.91 Å². The average molecular weight is 399 g/mol. The van der Waals surface area contributed by atoms with Crippen LogP contribution in [0.2, 0.25) is 0 Å². The van der Waals surface area contributed by atoms with E-state index in [2.05, 4.69) is 4.98 Å². The van der Waals surface area contributed by atoms with E-state index in [4.69, 9.17) is 0 Å². The Kier molecular flexibility index (Phi) is 6.18. The first-order chi connectivity index (χ1) is 14.7. The summed E-state index contributed by atoms with van der Waals surface area (Å²) in [6.45, 7) is 2.36. The van der Waals surface area contributed by atoms with Crippen molar-refractivity contribution < 1.29 is 9.59 Å². The molecule has 5 heteroatoms. The normalized spacial score (nSPS) is 14.4. The Morgan fingerprint density at radius 2 is 1.23 bits per heavy atom. The highest BCUT2D eigenvalue weighted by atomic mass is 16.2. The molecule has 1 aliphatic heterocycles. The van der Waals surface area contributed by atoms with Gasteiger partial charge in [-0.05, 0) is 29.7 Å². The van der Waals surface area contributed by atoms with Gasteiger partial charge in [-0.1, -0.05) is 60.7 Å². The quantitative estimate of drug-likeness (QED) is 0.674. The Morgan fingerprint density at radius 1 is 0.700 bits per heavy atom. The van der Waals surface area contributed by atoms with Crippen LogP contribution in [0.25, 0.3) is 0 Å². The van der Waals surface area contributed by atoms with E-state index in [1.165, 1.54) is 0 Å². The molecule has 0 spiro atoms. The van der Waals surface area contributed by atoms with Gasteiger partial charge >= 0.3 is 0 Å². The van der Waals surface area contributed by atoms with Gasteiger partial charge in [-0.25, -0.2) is 0 Å². The van der Waals surface area contributed by atoms with Gasteiger partial charge < -0.3 is 9.80 Å². The highest BCUT2D eigenvalue weighted by Crippen LogP contribution is 2.27. The van der Waals surface area contributed by atoms with E-state index in [-0.39, 0.29) is 17.7 Å². The predicted octanol–water partition coefficient (Wildman–Crippen LogP) is 3.59. The Balaban J connectivity index is 1.52. The second kappa shape index (κ2) is 9.35.